The van der Waals surface area contributed by atoms with E-state index in [0.717, 1.165) is 55.2 Å². The van der Waals surface area contributed by atoms with Gasteiger partial charge in [-0.05, 0) is 74.3 Å². The third-order valence-corrected chi connectivity index (χ3v) is 7.94. The van der Waals surface area contributed by atoms with Crippen LogP contribution in [0.5, 0.6) is 11.5 Å². The first kappa shape index (κ1) is 21.8. The van der Waals surface area contributed by atoms with Gasteiger partial charge in [-0.1, -0.05) is 6.92 Å². The van der Waals surface area contributed by atoms with Crippen LogP contribution in [0.4, 0.5) is 0 Å². The summed E-state index contributed by atoms with van der Waals surface area (Å²) in [5, 5.41) is 0. The normalized spacial score (nSPS) is 31.1. The van der Waals surface area contributed by atoms with Gasteiger partial charge in [0.05, 0.1) is 0 Å². The number of benzene rings is 1. The number of hydrogen-bond acceptors (Lipinski definition) is 6. The highest BCUT2D eigenvalue weighted by Crippen LogP contribution is 2.63. The van der Waals surface area contributed by atoms with Crippen LogP contribution in [-0.2, 0) is 25.5 Å². The first-order valence-electron chi connectivity index (χ1n) is 11.3. The molecule has 0 amide bonds. The molecule has 0 bridgehead atoms. The Morgan fingerprint density at radius 1 is 0.935 bits per heavy atom. The van der Waals surface area contributed by atoms with Crippen LogP contribution < -0.4 is 9.47 Å². The third kappa shape index (κ3) is 3.74. The van der Waals surface area contributed by atoms with E-state index in [1.165, 1.54) is 20.8 Å². The molecule has 0 saturated heterocycles. The molecule has 3 aliphatic carbocycles. The van der Waals surface area contributed by atoms with Crippen molar-refractivity contribution in [1.29, 1.82) is 0 Å². The van der Waals surface area contributed by atoms with Crippen LogP contribution >= 0.6 is 0 Å². The molecule has 0 N–H and O–H groups in total. The highest BCUT2D eigenvalue weighted by atomic mass is 16.5. The van der Waals surface area contributed by atoms with Crippen molar-refractivity contribution < 1.29 is 28.6 Å². The van der Waals surface area contributed by atoms with E-state index in [2.05, 4.69) is 6.92 Å². The van der Waals surface area contributed by atoms with Crippen LogP contribution in [0.1, 0.15) is 82.4 Å². The average Bonchev–Trinajstić information content (AvgIpc) is 3.00. The summed E-state index contributed by atoms with van der Waals surface area (Å²) in [7, 11) is 0. The van der Waals surface area contributed by atoms with Crippen LogP contribution in [-0.4, -0.2) is 24.0 Å². The number of rotatable bonds is 3. The molecular weight excluding hydrogens is 396 g/mol. The van der Waals surface area contributed by atoms with Gasteiger partial charge in [-0.2, -0.15) is 0 Å². The Morgan fingerprint density at radius 3 is 2.26 bits per heavy atom. The van der Waals surface area contributed by atoms with E-state index in [0.29, 0.717) is 23.3 Å². The highest BCUT2D eigenvalue weighted by molar-refractivity contribution is 5.73. The molecule has 6 nitrogen and oxygen atoms in total. The molecule has 0 heterocycles. The Morgan fingerprint density at radius 2 is 1.61 bits per heavy atom. The van der Waals surface area contributed by atoms with E-state index in [4.69, 9.17) is 14.2 Å². The summed E-state index contributed by atoms with van der Waals surface area (Å²) in [5.41, 5.74) is 3.21. The van der Waals surface area contributed by atoms with Crippen molar-refractivity contribution in [1.82, 2.24) is 0 Å². The third-order valence-electron chi connectivity index (χ3n) is 7.94. The monoisotopic (exact) mass is 428 g/mol. The molecule has 31 heavy (non-hydrogen) atoms. The zero-order valence-electron chi connectivity index (χ0n) is 19.1. The first-order chi connectivity index (χ1) is 14.6. The smallest absolute Gasteiger partial charge is 0.308 e. The lowest BCUT2D eigenvalue weighted by molar-refractivity contribution is -0.154. The van der Waals surface area contributed by atoms with Crippen LogP contribution in [0, 0.1) is 24.2 Å². The maximum atomic E-state index is 11.9. The van der Waals surface area contributed by atoms with Gasteiger partial charge in [0, 0.05) is 37.8 Å². The lowest BCUT2D eigenvalue weighted by Crippen LogP contribution is -2.45. The number of ether oxygens (including phenoxy) is 3. The Hall–Kier alpha value is -2.37. The van der Waals surface area contributed by atoms with Crippen molar-refractivity contribution in [2.75, 3.05) is 0 Å². The maximum absolute atomic E-state index is 11.9. The molecule has 5 atom stereocenters. The van der Waals surface area contributed by atoms with E-state index in [-0.39, 0.29) is 35.3 Å². The van der Waals surface area contributed by atoms with Crippen molar-refractivity contribution in [3.05, 3.63) is 22.8 Å². The zero-order chi connectivity index (χ0) is 22.5. The molecule has 0 aromatic heterocycles. The predicted molar refractivity (Wildman–Crippen MR) is 114 cm³/mol. The summed E-state index contributed by atoms with van der Waals surface area (Å²) in [5.74, 6) is 1.25. The molecule has 1 aromatic carbocycles. The minimum absolute atomic E-state index is 0.00133. The molecule has 4 rings (SSSR count). The second kappa shape index (κ2) is 7.95. The lowest BCUT2D eigenvalue weighted by atomic mass is 9.55. The van der Waals surface area contributed by atoms with Crippen molar-refractivity contribution in [3.8, 4) is 11.5 Å². The van der Waals surface area contributed by atoms with Crippen LogP contribution in [0.25, 0.3) is 0 Å². The molecule has 3 aliphatic rings. The molecule has 168 valence electrons. The van der Waals surface area contributed by atoms with Crippen LogP contribution in [0.3, 0.4) is 0 Å². The van der Waals surface area contributed by atoms with Gasteiger partial charge in [-0.25, -0.2) is 0 Å². The Labute approximate surface area is 183 Å². The molecule has 6 heteroatoms. The summed E-state index contributed by atoms with van der Waals surface area (Å²) < 4.78 is 16.8. The van der Waals surface area contributed by atoms with Crippen molar-refractivity contribution in [2.24, 2.45) is 17.3 Å². The minimum Gasteiger partial charge on any atom is -0.462 e. The summed E-state index contributed by atoms with van der Waals surface area (Å²) in [6.45, 7) is 8.53. The number of esters is 3. The fourth-order valence-corrected chi connectivity index (χ4v) is 6.74. The molecular formula is C25H32O6. The minimum atomic E-state index is -0.388. The molecule has 0 spiro atoms. The Balaban J connectivity index is 1.73. The van der Waals surface area contributed by atoms with Crippen LogP contribution in [0.2, 0.25) is 0 Å². The fourth-order valence-electron chi connectivity index (χ4n) is 6.74. The quantitative estimate of drug-likeness (QED) is 0.516. The van der Waals surface area contributed by atoms with E-state index < -0.39 is 0 Å². The topological polar surface area (TPSA) is 78.9 Å². The summed E-state index contributed by atoms with van der Waals surface area (Å²) in [6, 6.07) is 1.71. The standard InChI is InChI=1S/C25H32O6/c1-13-17-6-7-18-19(10-11-25(5)20(18)8-9-23(25)31-16(4)28)24(17)22(30-15(3)27)12-21(13)29-14(2)26/h12,18-20,23H,6-11H2,1-5H3/t18-,19+,20+,23-,25+/m0/s1. The number of carbonyl (C=O) groups is 3. The summed E-state index contributed by atoms with van der Waals surface area (Å²) in [6.07, 6.45) is 5.78. The van der Waals surface area contributed by atoms with Crippen molar-refractivity contribution >= 4 is 17.9 Å². The summed E-state index contributed by atoms with van der Waals surface area (Å²) >= 11 is 0. The van der Waals surface area contributed by atoms with E-state index >= 15 is 0 Å². The van der Waals surface area contributed by atoms with Gasteiger partial charge in [0.1, 0.15) is 17.6 Å². The van der Waals surface area contributed by atoms with Crippen molar-refractivity contribution in [2.45, 2.75) is 85.2 Å². The van der Waals surface area contributed by atoms with Gasteiger partial charge in [0.25, 0.3) is 0 Å². The van der Waals surface area contributed by atoms with E-state index in [9.17, 15) is 14.4 Å². The highest BCUT2D eigenvalue weighted by Gasteiger charge is 2.56. The van der Waals surface area contributed by atoms with E-state index in [1.54, 1.807) is 6.07 Å². The van der Waals surface area contributed by atoms with Gasteiger partial charge in [0.2, 0.25) is 0 Å². The lowest BCUT2D eigenvalue weighted by Gasteiger charge is -2.50. The molecule has 0 unspecified atom stereocenters. The van der Waals surface area contributed by atoms with Gasteiger partial charge in [-0.3, -0.25) is 14.4 Å². The van der Waals surface area contributed by atoms with Gasteiger partial charge in [0.15, 0.2) is 0 Å². The summed E-state index contributed by atoms with van der Waals surface area (Å²) in [4.78, 5) is 35.1. The van der Waals surface area contributed by atoms with Crippen LogP contribution in [0.15, 0.2) is 6.07 Å². The van der Waals surface area contributed by atoms with E-state index in [1.807, 2.05) is 6.92 Å². The second-order valence-electron chi connectivity index (χ2n) is 9.71. The van der Waals surface area contributed by atoms with Gasteiger partial charge in [-0.15, -0.1) is 0 Å². The second-order valence-corrected chi connectivity index (χ2v) is 9.71. The van der Waals surface area contributed by atoms with Crippen molar-refractivity contribution in [3.63, 3.8) is 0 Å². The molecule has 1 aromatic rings. The van der Waals surface area contributed by atoms with Gasteiger partial charge < -0.3 is 14.2 Å². The molecule has 2 saturated carbocycles. The number of hydrogen-bond donors (Lipinski definition) is 0. The molecule has 0 radical (unpaired) electrons. The average molecular weight is 429 g/mol. The molecule has 2 fully saturated rings. The number of fused-ring (bicyclic) bond motifs is 5. The maximum Gasteiger partial charge on any atom is 0.308 e. The Kier molecular flexibility index (Phi) is 5.61. The SMILES string of the molecule is CC(=O)Oc1cc(OC(C)=O)c2c(c1C)CC[C@@H]1[C@H]3CC[C@H](OC(C)=O)[C@]3(C)CC[C@@H]21. The Bertz CT molecular complexity index is 934. The van der Waals surface area contributed by atoms with Gasteiger partial charge >= 0.3 is 17.9 Å². The predicted octanol–water partition coefficient (Wildman–Crippen LogP) is 4.63. The molecule has 0 aliphatic heterocycles. The largest absolute Gasteiger partial charge is 0.462 e. The zero-order valence-corrected chi connectivity index (χ0v) is 19.1. The fraction of sp³-hybridized carbons (Fsp3) is 0.640. The number of carbonyl (C=O) groups excluding carboxylic acids is 3. The first-order valence-corrected chi connectivity index (χ1v) is 11.3.